The summed E-state index contributed by atoms with van der Waals surface area (Å²) in [5.41, 5.74) is 0.898. The average molecular weight is 259 g/mol. The van der Waals surface area contributed by atoms with E-state index in [0.717, 1.165) is 50.0 Å². The molecule has 98 valence electrons. The van der Waals surface area contributed by atoms with Crippen molar-refractivity contribution in [3.63, 3.8) is 0 Å². The van der Waals surface area contributed by atoms with Crippen LogP contribution in [0.15, 0.2) is 6.20 Å². The van der Waals surface area contributed by atoms with E-state index in [1.165, 1.54) is 0 Å². The molecule has 0 saturated heterocycles. The lowest BCUT2D eigenvalue weighted by molar-refractivity contribution is 0.301. The molecule has 5 heteroatoms. The number of rotatable bonds is 8. The maximum Gasteiger partial charge on any atom is 0.0814 e. The van der Waals surface area contributed by atoms with Crippen LogP contribution >= 0.6 is 11.6 Å². The first-order valence-electron chi connectivity index (χ1n) is 6.30. The van der Waals surface area contributed by atoms with Crippen molar-refractivity contribution in [2.24, 2.45) is 0 Å². The Morgan fingerprint density at radius 1 is 1.35 bits per heavy atom. The second kappa shape index (κ2) is 7.69. The Morgan fingerprint density at radius 3 is 2.59 bits per heavy atom. The van der Waals surface area contributed by atoms with E-state index in [0.29, 0.717) is 0 Å². The highest BCUT2D eigenvalue weighted by Crippen LogP contribution is 2.11. The normalized spacial score (nSPS) is 11.4. The predicted molar refractivity (Wildman–Crippen MR) is 72.6 cm³/mol. The van der Waals surface area contributed by atoms with Crippen LogP contribution in [0, 0.1) is 6.92 Å². The zero-order valence-electron chi connectivity index (χ0n) is 11.0. The SMILES string of the molecule is CCN(CC)CCNCCn1cc(Cl)c(C)n1. The highest BCUT2D eigenvalue weighted by atomic mass is 35.5. The van der Waals surface area contributed by atoms with Gasteiger partial charge in [-0.15, -0.1) is 0 Å². The Balaban J connectivity index is 2.12. The Labute approximate surface area is 109 Å². The fraction of sp³-hybridized carbons (Fsp3) is 0.750. The van der Waals surface area contributed by atoms with Crippen LogP contribution in [-0.2, 0) is 6.54 Å². The van der Waals surface area contributed by atoms with Crippen LogP contribution in [-0.4, -0.2) is 47.4 Å². The molecule has 1 aromatic rings. The van der Waals surface area contributed by atoms with Gasteiger partial charge in [-0.2, -0.15) is 5.10 Å². The molecule has 0 aliphatic carbocycles. The number of halogens is 1. The Bertz CT molecular complexity index is 301. The van der Waals surface area contributed by atoms with E-state index in [2.05, 4.69) is 29.2 Å². The highest BCUT2D eigenvalue weighted by molar-refractivity contribution is 6.31. The van der Waals surface area contributed by atoms with Gasteiger partial charge in [-0.25, -0.2) is 0 Å². The van der Waals surface area contributed by atoms with Gasteiger partial charge in [-0.05, 0) is 20.0 Å². The molecule has 0 bridgehead atoms. The maximum absolute atomic E-state index is 5.94. The molecule has 1 N–H and O–H groups in total. The minimum absolute atomic E-state index is 0.744. The van der Waals surface area contributed by atoms with Gasteiger partial charge in [0.05, 0.1) is 17.3 Å². The zero-order valence-corrected chi connectivity index (χ0v) is 11.8. The quantitative estimate of drug-likeness (QED) is 0.722. The van der Waals surface area contributed by atoms with E-state index >= 15 is 0 Å². The molecular weight excluding hydrogens is 236 g/mol. The van der Waals surface area contributed by atoms with Gasteiger partial charge in [0, 0.05) is 25.8 Å². The first kappa shape index (κ1) is 14.5. The minimum atomic E-state index is 0.744. The van der Waals surface area contributed by atoms with Crippen LogP contribution in [0.2, 0.25) is 5.02 Å². The molecule has 4 nitrogen and oxygen atoms in total. The summed E-state index contributed by atoms with van der Waals surface area (Å²) in [6, 6.07) is 0. The molecule has 0 amide bonds. The van der Waals surface area contributed by atoms with Gasteiger partial charge >= 0.3 is 0 Å². The van der Waals surface area contributed by atoms with Crippen LogP contribution in [0.25, 0.3) is 0 Å². The molecule has 0 atom stereocenters. The van der Waals surface area contributed by atoms with Crippen molar-refractivity contribution in [3.8, 4) is 0 Å². The first-order chi connectivity index (χ1) is 8.17. The Hall–Kier alpha value is -0.580. The van der Waals surface area contributed by atoms with E-state index in [1.807, 2.05) is 17.8 Å². The fourth-order valence-corrected chi connectivity index (χ4v) is 1.85. The number of likely N-dealkylation sites (N-methyl/N-ethyl adjacent to an activating group) is 1. The summed E-state index contributed by atoms with van der Waals surface area (Å²) in [4.78, 5) is 2.40. The van der Waals surface area contributed by atoms with E-state index in [1.54, 1.807) is 0 Å². The number of nitrogens with zero attached hydrogens (tertiary/aromatic N) is 3. The van der Waals surface area contributed by atoms with Gasteiger partial charge in [0.2, 0.25) is 0 Å². The number of hydrogen-bond acceptors (Lipinski definition) is 3. The summed E-state index contributed by atoms with van der Waals surface area (Å²) in [6.45, 7) is 12.5. The van der Waals surface area contributed by atoms with Crippen molar-refractivity contribution in [2.75, 3.05) is 32.7 Å². The van der Waals surface area contributed by atoms with Gasteiger partial charge < -0.3 is 10.2 Å². The number of nitrogens with one attached hydrogen (secondary N) is 1. The third kappa shape index (κ3) is 5.06. The fourth-order valence-electron chi connectivity index (χ4n) is 1.70. The Morgan fingerprint density at radius 2 is 2.06 bits per heavy atom. The van der Waals surface area contributed by atoms with Crippen LogP contribution < -0.4 is 5.32 Å². The second-order valence-corrected chi connectivity index (χ2v) is 4.51. The average Bonchev–Trinajstić information content (AvgIpc) is 2.63. The molecule has 0 fully saturated rings. The van der Waals surface area contributed by atoms with E-state index < -0.39 is 0 Å². The van der Waals surface area contributed by atoms with Crippen molar-refractivity contribution in [3.05, 3.63) is 16.9 Å². The lowest BCUT2D eigenvalue weighted by Gasteiger charge is -2.17. The van der Waals surface area contributed by atoms with Gasteiger partial charge in [0.15, 0.2) is 0 Å². The molecular formula is C12H23ClN4. The number of aromatic nitrogens is 2. The van der Waals surface area contributed by atoms with E-state index in [9.17, 15) is 0 Å². The van der Waals surface area contributed by atoms with Gasteiger partial charge in [0.1, 0.15) is 0 Å². The van der Waals surface area contributed by atoms with Crippen LogP contribution in [0.4, 0.5) is 0 Å². The van der Waals surface area contributed by atoms with Gasteiger partial charge in [0.25, 0.3) is 0 Å². The van der Waals surface area contributed by atoms with Crippen molar-refractivity contribution in [2.45, 2.75) is 27.3 Å². The van der Waals surface area contributed by atoms with Crippen LogP contribution in [0.3, 0.4) is 0 Å². The van der Waals surface area contributed by atoms with Crippen LogP contribution in [0.1, 0.15) is 19.5 Å². The third-order valence-electron chi connectivity index (χ3n) is 2.90. The highest BCUT2D eigenvalue weighted by Gasteiger charge is 2.01. The minimum Gasteiger partial charge on any atom is -0.314 e. The first-order valence-corrected chi connectivity index (χ1v) is 6.67. The zero-order chi connectivity index (χ0) is 12.7. The number of aryl methyl sites for hydroxylation is 1. The third-order valence-corrected chi connectivity index (χ3v) is 3.27. The molecule has 1 heterocycles. The van der Waals surface area contributed by atoms with E-state index in [-0.39, 0.29) is 0 Å². The lowest BCUT2D eigenvalue weighted by atomic mass is 10.4. The summed E-state index contributed by atoms with van der Waals surface area (Å²) >= 11 is 5.94. The Kier molecular flexibility index (Phi) is 6.55. The van der Waals surface area contributed by atoms with Gasteiger partial charge in [-0.3, -0.25) is 4.68 Å². The number of hydrogen-bond donors (Lipinski definition) is 1. The molecule has 0 spiro atoms. The maximum atomic E-state index is 5.94. The van der Waals surface area contributed by atoms with Crippen molar-refractivity contribution in [1.82, 2.24) is 20.0 Å². The van der Waals surface area contributed by atoms with Crippen molar-refractivity contribution in [1.29, 1.82) is 0 Å². The topological polar surface area (TPSA) is 33.1 Å². The summed E-state index contributed by atoms with van der Waals surface area (Å²) in [7, 11) is 0. The van der Waals surface area contributed by atoms with Crippen molar-refractivity contribution < 1.29 is 0 Å². The summed E-state index contributed by atoms with van der Waals surface area (Å²) < 4.78 is 1.89. The summed E-state index contributed by atoms with van der Waals surface area (Å²) in [5.74, 6) is 0. The smallest absolute Gasteiger partial charge is 0.0814 e. The van der Waals surface area contributed by atoms with E-state index in [4.69, 9.17) is 11.6 Å². The molecule has 1 rings (SSSR count). The second-order valence-electron chi connectivity index (χ2n) is 4.10. The molecule has 0 aliphatic heterocycles. The molecule has 1 aromatic heterocycles. The monoisotopic (exact) mass is 258 g/mol. The molecule has 0 unspecified atom stereocenters. The predicted octanol–water partition coefficient (Wildman–Crippen LogP) is 1.78. The molecule has 17 heavy (non-hydrogen) atoms. The summed E-state index contributed by atoms with van der Waals surface area (Å²) in [6.07, 6.45) is 1.88. The standard InChI is InChI=1S/C12H23ClN4/c1-4-16(5-2)8-6-14-7-9-17-10-12(13)11(3)15-17/h10,14H,4-9H2,1-3H3. The van der Waals surface area contributed by atoms with Gasteiger partial charge in [-0.1, -0.05) is 25.4 Å². The lowest BCUT2D eigenvalue weighted by Crippen LogP contribution is -2.33. The largest absolute Gasteiger partial charge is 0.314 e. The summed E-state index contributed by atoms with van der Waals surface area (Å²) in [5, 5.41) is 8.47. The molecule has 0 aromatic carbocycles. The molecule has 0 aliphatic rings. The molecule has 0 radical (unpaired) electrons. The van der Waals surface area contributed by atoms with Crippen molar-refractivity contribution >= 4 is 11.6 Å². The van der Waals surface area contributed by atoms with Crippen LogP contribution in [0.5, 0.6) is 0 Å². The molecule has 0 saturated carbocycles.